The van der Waals surface area contributed by atoms with Crippen LogP contribution in [-0.2, 0) is 26.0 Å². The molecule has 1 saturated heterocycles. The third-order valence-corrected chi connectivity index (χ3v) is 10.5. The summed E-state index contributed by atoms with van der Waals surface area (Å²) in [5.41, 5.74) is 2.73. The van der Waals surface area contributed by atoms with Crippen LogP contribution in [0.2, 0.25) is 0 Å². The maximum atomic E-state index is 13.9. The molecular formula is C33H49Cl2N5O5S2. The van der Waals surface area contributed by atoms with E-state index >= 15 is 0 Å². The van der Waals surface area contributed by atoms with Crippen LogP contribution in [0.5, 0.6) is 5.75 Å². The number of hydrogen-bond acceptors (Lipinski definition) is 8. The number of nitrogens with zero attached hydrogens (tertiary/aromatic N) is 3. The van der Waals surface area contributed by atoms with E-state index in [-0.39, 0.29) is 77.9 Å². The third-order valence-electron chi connectivity index (χ3n) is 7.98. The first-order valence-electron chi connectivity index (χ1n) is 15.6. The molecule has 47 heavy (non-hydrogen) atoms. The van der Waals surface area contributed by atoms with Crippen molar-refractivity contribution in [2.75, 3.05) is 37.0 Å². The van der Waals surface area contributed by atoms with Crippen LogP contribution < -0.4 is 14.9 Å². The van der Waals surface area contributed by atoms with Crippen molar-refractivity contribution < 1.29 is 23.1 Å². The van der Waals surface area contributed by atoms with Crippen LogP contribution in [0.1, 0.15) is 59.9 Å². The molecule has 3 N–H and O–H groups in total. The van der Waals surface area contributed by atoms with Crippen molar-refractivity contribution in [2.24, 2.45) is 17.3 Å². The summed E-state index contributed by atoms with van der Waals surface area (Å²) in [4.78, 5) is 32.5. The molecule has 2 aromatic carbocycles. The molecule has 1 unspecified atom stereocenters. The Hall–Kier alpha value is -2.64. The first-order valence-corrected chi connectivity index (χ1v) is 17.9. The third kappa shape index (κ3) is 10.4. The van der Waals surface area contributed by atoms with Crippen LogP contribution in [-0.4, -0.2) is 74.0 Å². The number of fused-ring (bicyclic) bond motifs is 1. The van der Waals surface area contributed by atoms with E-state index in [1.165, 1.54) is 15.6 Å². The zero-order valence-electron chi connectivity index (χ0n) is 28.0. The number of carbonyl (C=O) groups is 2. The summed E-state index contributed by atoms with van der Waals surface area (Å²) in [7, 11) is -3.99. The standard InChI is InChI=1S/C33H47N5O5S2.2ClH/c1-22(2)19-38(45(42,43)25-12-13-26-28(17-25)44-21-35-26)27-11-9-10-24(30(27)40)16-23(3)18-34-32(41)31(33(4,5)6)36-29(39)20-37-14-7-8-15-37;;/h9-13,17,21-23,31,40H,7-8,14-16,18-20H2,1-6H3,(H,34,41)(H,36,39);2*1H/t23?,31-;;/m0../s1. The summed E-state index contributed by atoms with van der Waals surface area (Å²) < 4.78 is 29.9. The van der Waals surface area contributed by atoms with Gasteiger partial charge in [0, 0.05) is 13.1 Å². The highest BCUT2D eigenvalue weighted by atomic mass is 35.5. The van der Waals surface area contributed by atoms with Gasteiger partial charge in [-0.25, -0.2) is 13.4 Å². The monoisotopic (exact) mass is 729 g/mol. The van der Waals surface area contributed by atoms with Crippen molar-refractivity contribution in [3.8, 4) is 5.75 Å². The van der Waals surface area contributed by atoms with Crippen molar-refractivity contribution in [2.45, 2.75) is 71.7 Å². The lowest BCUT2D eigenvalue weighted by molar-refractivity contribution is -0.132. The number of para-hydroxylation sites is 1. The Balaban J connectivity index is 0.00000384. The summed E-state index contributed by atoms with van der Waals surface area (Å²) in [6.45, 7) is 14.2. The van der Waals surface area contributed by atoms with E-state index in [0.29, 0.717) is 18.5 Å². The van der Waals surface area contributed by atoms with E-state index in [9.17, 15) is 23.1 Å². The van der Waals surface area contributed by atoms with Crippen LogP contribution in [0.25, 0.3) is 10.2 Å². The molecule has 0 radical (unpaired) electrons. The summed E-state index contributed by atoms with van der Waals surface area (Å²) in [5, 5.41) is 17.3. The highest BCUT2D eigenvalue weighted by Crippen LogP contribution is 2.37. The van der Waals surface area contributed by atoms with Crippen LogP contribution in [0.15, 0.2) is 46.8 Å². The number of rotatable bonds is 13. The molecule has 10 nitrogen and oxygen atoms in total. The molecule has 0 saturated carbocycles. The number of anilines is 1. The Kier molecular flexibility index (Phi) is 14.8. The van der Waals surface area contributed by atoms with Gasteiger partial charge in [-0.1, -0.05) is 53.7 Å². The molecule has 0 aliphatic carbocycles. The number of likely N-dealkylation sites (tertiary alicyclic amines) is 1. The number of phenolic OH excluding ortho intramolecular Hbond substituents is 1. The van der Waals surface area contributed by atoms with Gasteiger partial charge in [0.2, 0.25) is 11.8 Å². The van der Waals surface area contributed by atoms with Gasteiger partial charge in [-0.05, 0) is 79.4 Å². The lowest BCUT2D eigenvalue weighted by Crippen LogP contribution is -2.55. The van der Waals surface area contributed by atoms with Gasteiger partial charge in [0.25, 0.3) is 10.0 Å². The molecule has 1 fully saturated rings. The number of halogens is 2. The molecule has 2 atom stereocenters. The van der Waals surface area contributed by atoms with E-state index in [2.05, 4.69) is 20.5 Å². The Morgan fingerprint density at radius 2 is 1.77 bits per heavy atom. The lowest BCUT2D eigenvalue weighted by Gasteiger charge is -2.31. The van der Waals surface area contributed by atoms with Gasteiger partial charge >= 0.3 is 0 Å². The minimum absolute atomic E-state index is 0. The number of carbonyl (C=O) groups excluding carboxylic acids is 2. The highest BCUT2D eigenvalue weighted by molar-refractivity contribution is 7.92. The molecule has 1 aromatic heterocycles. The van der Waals surface area contributed by atoms with Gasteiger partial charge in [0.15, 0.2) is 0 Å². The summed E-state index contributed by atoms with van der Waals surface area (Å²) >= 11 is 1.37. The van der Waals surface area contributed by atoms with Gasteiger partial charge in [-0.15, -0.1) is 36.2 Å². The van der Waals surface area contributed by atoms with E-state index in [0.717, 1.165) is 36.1 Å². The van der Waals surface area contributed by atoms with Crippen LogP contribution in [0.3, 0.4) is 0 Å². The number of sulfonamides is 1. The molecule has 14 heteroatoms. The predicted octanol–water partition coefficient (Wildman–Crippen LogP) is 5.62. The number of nitrogens with one attached hydrogen (secondary N) is 2. The number of thiazole rings is 1. The number of benzene rings is 2. The molecular weight excluding hydrogens is 681 g/mol. The van der Waals surface area contributed by atoms with Gasteiger partial charge in [-0.3, -0.25) is 18.8 Å². The van der Waals surface area contributed by atoms with E-state index in [1.54, 1.807) is 41.9 Å². The SMILES string of the molecule is CC(C)CN(c1cccc(CC(C)CNC(=O)[C@H](NC(=O)CN2CCCC2)C(C)(C)C)c1O)S(=O)(=O)c1ccc2ncsc2c1.Cl.Cl. The zero-order valence-corrected chi connectivity index (χ0v) is 31.3. The van der Waals surface area contributed by atoms with Gasteiger partial charge < -0.3 is 15.7 Å². The second-order valence-corrected chi connectivity index (χ2v) is 16.3. The van der Waals surface area contributed by atoms with Gasteiger partial charge in [0.1, 0.15) is 11.8 Å². The maximum absolute atomic E-state index is 13.9. The van der Waals surface area contributed by atoms with E-state index < -0.39 is 21.5 Å². The molecule has 3 aromatic rings. The summed E-state index contributed by atoms with van der Waals surface area (Å²) in [6, 6.07) is 9.32. The number of aromatic hydroxyl groups is 1. The quantitative estimate of drug-likeness (QED) is 0.208. The topological polar surface area (TPSA) is 132 Å². The van der Waals surface area contributed by atoms with Crippen LogP contribution >= 0.6 is 36.2 Å². The minimum Gasteiger partial charge on any atom is -0.505 e. The Bertz CT molecular complexity index is 1600. The number of phenols is 1. The number of amides is 2. The highest BCUT2D eigenvalue weighted by Gasteiger charge is 2.34. The maximum Gasteiger partial charge on any atom is 0.264 e. The Morgan fingerprint density at radius 1 is 1.09 bits per heavy atom. The first-order chi connectivity index (χ1) is 21.2. The molecule has 2 amide bonds. The lowest BCUT2D eigenvalue weighted by atomic mass is 9.86. The largest absolute Gasteiger partial charge is 0.505 e. The van der Waals surface area contributed by atoms with Crippen LogP contribution in [0.4, 0.5) is 5.69 Å². The molecule has 0 bridgehead atoms. The van der Waals surface area contributed by atoms with Crippen molar-refractivity contribution in [1.29, 1.82) is 0 Å². The van der Waals surface area contributed by atoms with Gasteiger partial charge in [0.05, 0.1) is 32.9 Å². The molecule has 0 spiro atoms. The molecule has 1 aliphatic rings. The van der Waals surface area contributed by atoms with Crippen molar-refractivity contribution in [1.82, 2.24) is 20.5 Å². The second-order valence-electron chi connectivity index (χ2n) is 13.6. The van der Waals surface area contributed by atoms with Crippen LogP contribution in [0, 0.1) is 17.3 Å². The number of hydrogen-bond donors (Lipinski definition) is 3. The van der Waals surface area contributed by atoms with Gasteiger partial charge in [-0.2, -0.15) is 0 Å². The Labute approximate surface area is 295 Å². The zero-order chi connectivity index (χ0) is 32.9. The minimum atomic E-state index is -3.99. The smallest absolute Gasteiger partial charge is 0.264 e. The molecule has 1 aliphatic heterocycles. The van der Waals surface area contributed by atoms with Crippen molar-refractivity contribution >= 4 is 73.9 Å². The average molecular weight is 731 g/mol. The fraction of sp³-hybridized carbons (Fsp3) is 0.545. The number of aromatic nitrogens is 1. The summed E-state index contributed by atoms with van der Waals surface area (Å²) in [6.07, 6.45) is 2.58. The normalized spacial score (nSPS) is 15.0. The van der Waals surface area contributed by atoms with E-state index in [4.69, 9.17) is 0 Å². The molecule has 4 rings (SSSR count). The molecule has 262 valence electrons. The fourth-order valence-corrected chi connectivity index (χ4v) is 8.03. The van der Waals surface area contributed by atoms with Crippen molar-refractivity contribution in [3.05, 3.63) is 47.5 Å². The predicted molar refractivity (Wildman–Crippen MR) is 195 cm³/mol. The molecule has 2 heterocycles. The average Bonchev–Trinajstić information content (AvgIpc) is 3.65. The van der Waals surface area contributed by atoms with E-state index in [1.807, 2.05) is 41.5 Å². The fourth-order valence-electron chi connectivity index (χ4n) is 5.57. The second kappa shape index (κ2) is 17.1. The first kappa shape index (κ1) is 40.5. The van der Waals surface area contributed by atoms with Crippen molar-refractivity contribution in [3.63, 3.8) is 0 Å². The summed E-state index contributed by atoms with van der Waals surface area (Å²) in [5.74, 6) is -0.597. The Morgan fingerprint density at radius 3 is 2.40 bits per heavy atom.